The second-order valence-corrected chi connectivity index (χ2v) is 7.48. The van der Waals surface area contributed by atoms with E-state index >= 15 is 0 Å². The Bertz CT molecular complexity index is 1410. The third kappa shape index (κ3) is 3.32. The molecule has 0 aromatic carbocycles. The summed E-state index contributed by atoms with van der Waals surface area (Å²) < 4.78 is 1.68. The van der Waals surface area contributed by atoms with E-state index in [2.05, 4.69) is 20.1 Å². The molecule has 10 heteroatoms. The van der Waals surface area contributed by atoms with Crippen molar-refractivity contribution in [3.8, 4) is 17.1 Å². The highest BCUT2D eigenvalue weighted by Gasteiger charge is 2.20. The van der Waals surface area contributed by atoms with Crippen molar-refractivity contribution in [2.24, 2.45) is 4.99 Å². The van der Waals surface area contributed by atoms with Gasteiger partial charge >= 0.3 is 5.69 Å². The Hall–Kier alpha value is -3.95. The fraction of sp³-hybridized carbons (Fsp3) is 0.250. The highest BCUT2D eigenvalue weighted by molar-refractivity contribution is 5.64. The van der Waals surface area contributed by atoms with Gasteiger partial charge in [0.25, 0.3) is 0 Å². The Morgan fingerprint density at radius 3 is 2.73 bits per heavy atom. The molecule has 5 rings (SSSR count). The van der Waals surface area contributed by atoms with Crippen LogP contribution in [-0.2, 0) is 0 Å². The number of H-pyrrole nitrogens is 2. The van der Waals surface area contributed by atoms with E-state index in [4.69, 9.17) is 9.98 Å². The monoisotopic (exact) mass is 404 g/mol. The van der Waals surface area contributed by atoms with Crippen molar-refractivity contribution in [2.45, 2.75) is 18.9 Å². The molecule has 0 radical (unpaired) electrons. The van der Waals surface area contributed by atoms with E-state index in [1.165, 1.54) is 0 Å². The molecular formula is C20H20N8O2. The van der Waals surface area contributed by atoms with Crippen molar-refractivity contribution < 1.29 is 5.11 Å². The first-order valence-electron chi connectivity index (χ1n) is 9.57. The fourth-order valence-corrected chi connectivity index (χ4v) is 3.15. The maximum absolute atomic E-state index is 11.4. The molecular weight excluding hydrogens is 384 g/mol. The van der Waals surface area contributed by atoms with Gasteiger partial charge in [0.15, 0.2) is 11.1 Å². The van der Waals surface area contributed by atoms with E-state index in [0.29, 0.717) is 22.4 Å². The summed E-state index contributed by atoms with van der Waals surface area (Å²) in [4.78, 5) is 32.3. The molecule has 0 spiro atoms. The summed E-state index contributed by atoms with van der Waals surface area (Å²) in [5.41, 5.74) is 2.65. The third-order valence-electron chi connectivity index (χ3n) is 4.88. The number of rotatable bonds is 4. The number of hydrogen-bond acceptors (Lipinski definition) is 7. The molecule has 4 aromatic heterocycles. The van der Waals surface area contributed by atoms with Gasteiger partial charge in [-0.2, -0.15) is 9.61 Å². The highest BCUT2D eigenvalue weighted by atomic mass is 16.3. The molecule has 30 heavy (non-hydrogen) atoms. The van der Waals surface area contributed by atoms with Crippen molar-refractivity contribution in [3.05, 3.63) is 57.5 Å². The van der Waals surface area contributed by atoms with Crippen molar-refractivity contribution in [1.29, 1.82) is 0 Å². The Kier molecular flexibility index (Phi) is 4.12. The van der Waals surface area contributed by atoms with Crippen molar-refractivity contribution in [1.82, 2.24) is 29.5 Å². The summed E-state index contributed by atoms with van der Waals surface area (Å²) in [6.45, 7) is 0. The standard InChI is InChI=1S/C20H20N8O2/c1-27(2)16-6-3-11(9-21-16)14-8-17(23-13-4-5-13)28-18(24-14)12(10-22-28)7-15-19(29)26-20(30)25-15/h3,6-10,13,29H,4-5H2,1-2H3,(H2,25,26,30). The van der Waals surface area contributed by atoms with Crippen LogP contribution in [0.2, 0.25) is 0 Å². The van der Waals surface area contributed by atoms with Crippen LogP contribution in [-0.4, -0.2) is 54.8 Å². The summed E-state index contributed by atoms with van der Waals surface area (Å²) >= 11 is 0. The lowest BCUT2D eigenvalue weighted by molar-refractivity contribution is 0.454. The Balaban J connectivity index is 1.72. The third-order valence-corrected chi connectivity index (χ3v) is 4.88. The number of nitrogens with zero attached hydrogens (tertiary/aromatic N) is 6. The number of pyridine rings is 1. The number of anilines is 1. The van der Waals surface area contributed by atoms with E-state index < -0.39 is 5.69 Å². The molecule has 0 amide bonds. The van der Waals surface area contributed by atoms with Gasteiger partial charge in [-0.1, -0.05) is 0 Å². The summed E-state index contributed by atoms with van der Waals surface area (Å²) in [6, 6.07) is 6.12. The van der Waals surface area contributed by atoms with Crippen LogP contribution in [0.15, 0.2) is 40.4 Å². The average Bonchev–Trinajstić information content (AvgIpc) is 3.36. The lowest BCUT2D eigenvalue weighted by Crippen LogP contribution is -2.19. The SMILES string of the molecule is CN(C)c1ccc(-c2cc(=NC3CC3)n3ncc(=Cc4[nH]c(=O)[nH]c4O)c3n2)cn1. The van der Waals surface area contributed by atoms with Crippen molar-refractivity contribution in [2.75, 3.05) is 19.0 Å². The zero-order valence-corrected chi connectivity index (χ0v) is 16.5. The molecule has 0 saturated heterocycles. The number of imidazole rings is 1. The molecule has 4 aromatic rings. The van der Waals surface area contributed by atoms with Crippen LogP contribution in [0.4, 0.5) is 5.82 Å². The molecule has 0 aliphatic heterocycles. The minimum atomic E-state index is -0.486. The van der Waals surface area contributed by atoms with Crippen LogP contribution >= 0.6 is 0 Å². The molecule has 0 atom stereocenters. The number of aromatic nitrogens is 6. The maximum atomic E-state index is 11.4. The van der Waals surface area contributed by atoms with Gasteiger partial charge in [0.05, 0.1) is 17.9 Å². The van der Waals surface area contributed by atoms with Gasteiger partial charge in [0, 0.05) is 37.1 Å². The number of fused-ring (bicyclic) bond motifs is 1. The summed E-state index contributed by atoms with van der Waals surface area (Å²) in [6.07, 6.45) is 7.18. The van der Waals surface area contributed by atoms with Crippen LogP contribution in [0.1, 0.15) is 18.5 Å². The minimum Gasteiger partial charge on any atom is -0.493 e. The molecule has 1 aliphatic rings. The van der Waals surface area contributed by atoms with Crippen LogP contribution < -0.4 is 21.3 Å². The largest absolute Gasteiger partial charge is 0.493 e. The van der Waals surface area contributed by atoms with Gasteiger partial charge in [0.1, 0.15) is 11.5 Å². The maximum Gasteiger partial charge on any atom is 0.326 e. The number of aromatic hydroxyl groups is 1. The molecule has 1 saturated carbocycles. The topological polar surface area (TPSA) is 128 Å². The predicted octanol–water partition coefficient (Wildman–Crippen LogP) is 0.190. The molecule has 10 nitrogen and oxygen atoms in total. The Morgan fingerprint density at radius 1 is 1.27 bits per heavy atom. The molecule has 0 bridgehead atoms. The Morgan fingerprint density at radius 2 is 2.10 bits per heavy atom. The number of aromatic amines is 2. The van der Waals surface area contributed by atoms with E-state index in [1.54, 1.807) is 23.0 Å². The van der Waals surface area contributed by atoms with Gasteiger partial charge in [-0.15, -0.1) is 0 Å². The second kappa shape index (κ2) is 6.83. The van der Waals surface area contributed by atoms with Crippen LogP contribution in [0.3, 0.4) is 0 Å². The molecule has 1 aliphatic carbocycles. The molecule has 1 fully saturated rings. The van der Waals surface area contributed by atoms with Gasteiger partial charge < -0.3 is 15.0 Å². The molecule has 3 N–H and O–H groups in total. The number of nitrogens with one attached hydrogen (secondary N) is 2. The van der Waals surface area contributed by atoms with Crippen LogP contribution in [0.25, 0.3) is 23.0 Å². The normalized spacial score (nSPS) is 15.3. The van der Waals surface area contributed by atoms with E-state index in [-0.39, 0.29) is 11.6 Å². The summed E-state index contributed by atoms with van der Waals surface area (Å²) in [5, 5.41) is 15.0. The van der Waals surface area contributed by atoms with E-state index in [0.717, 1.165) is 29.9 Å². The fourth-order valence-electron chi connectivity index (χ4n) is 3.15. The lowest BCUT2D eigenvalue weighted by atomic mass is 10.2. The van der Waals surface area contributed by atoms with E-state index in [1.807, 2.05) is 37.2 Å². The Labute approximate surface area is 170 Å². The zero-order valence-electron chi connectivity index (χ0n) is 16.5. The van der Waals surface area contributed by atoms with Gasteiger partial charge in [-0.3, -0.25) is 9.98 Å². The lowest BCUT2D eigenvalue weighted by Gasteiger charge is -2.11. The molecule has 152 valence electrons. The van der Waals surface area contributed by atoms with Gasteiger partial charge in [-0.05, 0) is 31.1 Å². The predicted molar refractivity (Wildman–Crippen MR) is 111 cm³/mol. The summed E-state index contributed by atoms with van der Waals surface area (Å²) in [7, 11) is 3.88. The summed E-state index contributed by atoms with van der Waals surface area (Å²) in [5.74, 6) is 0.620. The van der Waals surface area contributed by atoms with Gasteiger partial charge in [0.2, 0.25) is 5.88 Å². The molecule has 0 unspecified atom stereocenters. The quantitative estimate of drug-likeness (QED) is 0.446. The zero-order chi connectivity index (χ0) is 20.8. The minimum absolute atomic E-state index is 0.234. The first-order valence-corrected chi connectivity index (χ1v) is 9.57. The second-order valence-electron chi connectivity index (χ2n) is 7.48. The molecule has 4 heterocycles. The first-order chi connectivity index (χ1) is 14.5. The van der Waals surface area contributed by atoms with Crippen LogP contribution in [0, 0.1) is 0 Å². The van der Waals surface area contributed by atoms with Crippen molar-refractivity contribution in [3.63, 3.8) is 0 Å². The highest BCUT2D eigenvalue weighted by Crippen LogP contribution is 2.23. The van der Waals surface area contributed by atoms with Crippen molar-refractivity contribution >= 4 is 17.5 Å². The smallest absolute Gasteiger partial charge is 0.326 e. The first kappa shape index (κ1) is 18.1. The van der Waals surface area contributed by atoms with Crippen LogP contribution in [0.5, 0.6) is 5.88 Å². The number of hydrogen-bond donors (Lipinski definition) is 3. The van der Waals surface area contributed by atoms with E-state index in [9.17, 15) is 9.90 Å². The average molecular weight is 404 g/mol. The van der Waals surface area contributed by atoms with Gasteiger partial charge in [-0.25, -0.2) is 14.8 Å².